The zero-order valence-corrected chi connectivity index (χ0v) is 18.0. The Kier molecular flexibility index (Phi) is 7.91. The van der Waals surface area contributed by atoms with Crippen molar-refractivity contribution in [3.8, 4) is 23.0 Å². The van der Waals surface area contributed by atoms with E-state index in [-0.39, 0.29) is 6.54 Å². The Labute approximate surface area is 185 Å². The molecule has 2 aromatic carbocycles. The summed E-state index contributed by atoms with van der Waals surface area (Å²) in [6, 6.07) is 9.51. The van der Waals surface area contributed by atoms with E-state index in [4.69, 9.17) is 23.7 Å². The summed E-state index contributed by atoms with van der Waals surface area (Å²) in [7, 11) is 0. The predicted octanol–water partition coefficient (Wildman–Crippen LogP) is 2.41. The van der Waals surface area contributed by atoms with Crippen molar-refractivity contribution in [1.29, 1.82) is 0 Å². The van der Waals surface area contributed by atoms with Crippen LogP contribution >= 0.6 is 0 Å². The number of ether oxygens (including phenoxy) is 5. The molecule has 0 saturated heterocycles. The van der Waals surface area contributed by atoms with Gasteiger partial charge in [-0.3, -0.25) is 14.4 Å². The third-order valence-electron chi connectivity index (χ3n) is 4.43. The lowest BCUT2D eigenvalue weighted by Gasteiger charge is -2.18. The predicted molar refractivity (Wildman–Crippen MR) is 114 cm³/mol. The fraction of sp³-hybridized carbons (Fsp3) is 0.348. The van der Waals surface area contributed by atoms with Gasteiger partial charge in [-0.25, -0.2) is 0 Å². The van der Waals surface area contributed by atoms with Gasteiger partial charge in [0.05, 0.1) is 13.2 Å². The van der Waals surface area contributed by atoms with Crippen LogP contribution in [0.1, 0.15) is 34.6 Å². The summed E-state index contributed by atoms with van der Waals surface area (Å²) in [6.45, 7) is 4.56. The van der Waals surface area contributed by atoms with Gasteiger partial charge >= 0.3 is 5.97 Å². The second kappa shape index (κ2) is 11.0. The number of amides is 1. The standard InChI is InChI=1S/C23H25NO8/c1-3-28-18-8-6-16(12-20(18)29-4-2)23(27)24-13-22(26)32-14-17(25)15-5-7-19-21(11-15)31-10-9-30-19/h5-8,11-12H,3-4,9-10,13-14H2,1-2H3,(H,24,27). The van der Waals surface area contributed by atoms with Crippen LogP contribution in [0.15, 0.2) is 36.4 Å². The molecule has 0 fully saturated rings. The van der Waals surface area contributed by atoms with E-state index in [1.54, 1.807) is 36.4 Å². The molecule has 3 rings (SSSR count). The largest absolute Gasteiger partial charge is 0.490 e. The third kappa shape index (κ3) is 5.90. The van der Waals surface area contributed by atoms with Gasteiger partial charge in [0.2, 0.25) is 0 Å². The molecule has 1 N–H and O–H groups in total. The van der Waals surface area contributed by atoms with Gasteiger partial charge in [0.25, 0.3) is 5.91 Å². The van der Waals surface area contributed by atoms with Gasteiger partial charge in [-0.2, -0.15) is 0 Å². The fourth-order valence-corrected chi connectivity index (χ4v) is 2.94. The lowest BCUT2D eigenvalue weighted by Crippen LogP contribution is -2.31. The zero-order valence-electron chi connectivity index (χ0n) is 18.0. The van der Waals surface area contributed by atoms with Crippen molar-refractivity contribution >= 4 is 17.7 Å². The van der Waals surface area contributed by atoms with Crippen molar-refractivity contribution in [2.24, 2.45) is 0 Å². The first-order valence-electron chi connectivity index (χ1n) is 10.3. The number of hydrogen-bond donors (Lipinski definition) is 1. The number of Topliss-reactive ketones (excluding diaryl/α,β-unsaturated/α-hetero) is 1. The monoisotopic (exact) mass is 443 g/mol. The number of nitrogens with one attached hydrogen (secondary N) is 1. The van der Waals surface area contributed by atoms with Gasteiger partial charge in [0.15, 0.2) is 35.4 Å². The highest BCUT2D eigenvalue weighted by atomic mass is 16.6. The Morgan fingerprint density at radius 2 is 1.56 bits per heavy atom. The number of carbonyl (C=O) groups is 3. The molecule has 0 atom stereocenters. The third-order valence-corrected chi connectivity index (χ3v) is 4.43. The van der Waals surface area contributed by atoms with E-state index in [1.807, 2.05) is 13.8 Å². The quantitative estimate of drug-likeness (QED) is 0.440. The maximum atomic E-state index is 12.4. The number of rotatable bonds is 10. The highest BCUT2D eigenvalue weighted by Gasteiger charge is 2.17. The minimum absolute atomic E-state index is 0.303. The summed E-state index contributed by atoms with van der Waals surface area (Å²) in [4.78, 5) is 36.6. The second-order valence-electron chi connectivity index (χ2n) is 6.65. The Bertz CT molecular complexity index is 988. The van der Waals surface area contributed by atoms with Crippen LogP contribution in [0.3, 0.4) is 0 Å². The van der Waals surface area contributed by atoms with Crippen LogP contribution < -0.4 is 24.3 Å². The van der Waals surface area contributed by atoms with Crippen molar-refractivity contribution in [2.45, 2.75) is 13.8 Å². The maximum Gasteiger partial charge on any atom is 0.325 e. The molecule has 1 heterocycles. The number of benzene rings is 2. The van der Waals surface area contributed by atoms with E-state index in [2.05, 4.69) is 5.32 Å². The minimum Gasteiger partial charge on any atom is -0.490 e. The molecular formula is C23H25NO8. The summed E-state index contributed by atoms with van der Waals surface area (Å²) >= 11 is 0. The van der Waals surface area contributed by atoms with Gasteiger partial charge in [0, 0.05) is 11.1 Å². The highest BCUT2D eigenvalue weighted by Crippen LogP contribution is 2.31. The number of hydrogen-bond acceptors (Lipinski definition) is 8. The molecule has 9 nitrogen and oxygen atoms in total. The molecule has 0 spiro atoms. The molecule has 9 heteroatoms. The summed E-state index contributed by atoms with van der Waals surface area (Å²) in [5.74, 6) is 0.396. The number of ketones is 1. The fourth-order valence-electron chi connectivity index (χ4n) is 2.94. The van der Waals surface area contributed by atoms with Crippen LogP contribution in [-0.2, 0) is 9.53 Å². The van der Waals surface area contributed by atoms with Crippen molar-refractivity contribution in [1.82, 2.24) is 5.32 Å². The van der Waals surface area contributed by atoms with E-state index in [0.717, 1.165) is 0 Å². The van der Waals surface area contributed by atoms with Crippen molar-refractivity contribution < 1.29 is 38.1 Å². The SMILES string of the molecule is CCOc1ccc(C(=O)NCC(=O)OCC(=O)c2ccc3c(c2)OCCO3)cc1OCC. The molecule has 1 amide bonds. The highest BCUT2D eigenvalue weighted by molar-refractivity contribution is 5.99. The first kappa shape index (κ1) is 22.9. The van der Waals surface area contributed by atoms with E-state index in [0.29, 0.717) is 60.6 Å². The van der Waals surface area contributed by atoms with Crippen molar-refractivity contribution in [2.75, 3.05) is 39.6 Å². The smallest absolute Gasteiger partial charge is 0.325 e. The Hall–Kier alpha value is -3.75. The van der Waals surface area contributed by atoms with Crippen LogP contribution in [-0.4, -0.2) is 57.2 Å². The molecule has 0 saturated carbocycles. The van der Waals surface area contributed by atoms with Gasteiger partial charge < -0.3 is 29.0 Å². The molecule has 2 aromatic rings. The average Bonchev–Trinajstić information content (AvgIpc) is 2.82. The topological polar surface area (TPSA) is 109 Å². The summed E-state index contributed by atoms with van der Waals surface area (Å²) < 4.78 is 26.8. The minimum atomic E-state index is -0.736. The molecule has 0 aliphatic carbocycles. The van der Waals surface area contributed by atoms with Crippen molar-refractivity contribution in [3.63, 3.8) is 0 Å². The normalized spacial score (nSPS) is 11.9. The van der Waals surface area contributed by atoms with Crippen LogP contribution in [0.4, 0.5) is 0 Å². The molecule has 32 heavy (non-hydrogen) atoms. The number of carbonyl (C=O) groups excluding carboxylic acids is 3. The average molecular weight is 443 g/mol. The molecule has 1 aliphatic heterocycles. The number of esters is 1. The van der Waals surface area contributed by atoms with Crippen LogP contribution in [0.25, 0.3) is 0 Å². The molecule has 0 radical (unpaired) electrons. The molecule has 0 bridgehead atoms. The first-order chi connectivity index (χ1) is 15.5. The molecule has 170 valence electrons. The lowest BCUT2D eigenvalue weighted by molar-refractivity contribution is -0.141. The summed E-state index contributed by atoms with van der Waals surface area (Å²) in [5, 5.41) is 2.47. The molecule has 0 aromatic heterocycles. The van der Waals surface area contributed by atoms with E-state index < -0.39 is 24.3 Å². The molecular weight excluding hydrogens is 418 g/mol. The second-order valence-corrected chi connectivity index (χ2v) is 6.65. The van der Waals surface area contributed by atoms with Crippen molar-refractivity contribution in [3.05, 3.63) is 47.5 Å². The summed E-state index contributed by atoms with van der Waals surface area (Å²) in [5.41, 5.74) is 0.640. The Morgan fingerprint density at radius 3 is 2.31 bits per heavy atom. The van der Waals surface area contributed by atoms with Crippen LogP contribution in [0.5, 0.6) is 23.0 Å². The van der Waals surface area contributed by atoms with E-state index in [9.17, 15) is 14.4 Å². The van der Waals surface area contributed by atoms with Gasteiger partial charge in [-0.1, -0.05) is 0 Å². The van der Waals surface area contributed by atoms with Gasteiger partial charge in [-0.05, 0) is 50.2 Å². The maximum absolute atomic E-state index is 12.4. The van der Waals surface area contributed by atoms with E-state index in [1.165, 1.54) is 0 Å². The Balaban J connectivity index is 1.49. The van der Waals surface area contributed by atoms with Gasteiger partial charge in [-0.15, -0.1) is 0 Å². The van der Waals surface area contributed by atoms with Gasteiger partial charge in [0.1, 0.15) is 19.8 Å². The zero-order chi connectivity index (χ0) is 22.9. The first-order valence-corrected chi connectivity index (χ1v) is 10.3. The molecule has 1 aliphatic rings. The summed E-state index contributed by atoms with van der Waals surface area (Å²) in [6.07, 6.45) is 0. The van der Waals surface area contributed by atoms with Crippen LogP contribution in [0, 0.1) is 0 Å². The van der Waals surface area contributed by atoms with E-state index >= 15 is 0 Å². The number of fused-ring (bicyclic) bond motifs is 1. The lowest BCUT2D eigenvalue weighted by atomic mass is 10.1. The van der Waals surface area contributed by atoms with Crippen LogP contribution in [0.2, 0.25) is 0 Å². The molecule has 0 unspecified atom stereocenters. The Morgan fingerprint density at radius 1 is 0.875 bits per heavy atom.